The molecule has 3 heteroatoms. The molecule has 1 unspecified atom stereocenters. The smallest absolute Gasteiger partial charge is 0.0557 e. The Kier molecular flexibility index (Phi) is 2.94. The fraction of sp³-hybridized carbons (Fsp3) is 0.333. The molecule has 3 heterocycles. The molecule has 18 heavy (non-hydrogen) atoms. The molecule has 0 saturated carbocycles. The molecule has 1 aromatic heterocycles. The van der Waals surface area contributed by atoms with Crippen LogP contribution < -0.4 is 5.32 Å². The molecular formula is C15H18N2O. The van der Waals surface area contributed by atoms with Crippen LogP contribution in [0, 0.1) is 0 Å². The van der Waals surface area contributed by atoms with Crippen molar-refractivity contribution in [3.8, 4) is 0 Å². The number of aromatic nitrogens is 1. The molecule has 0 amide bonds. The maximum absolute atomic E-state index is 7.00. The van der Waals surface area contributed by atoms with Crippen molar-refractivity contribution in [2.75, 3.05) is 13.7 Å². The van der Waals surface area contributed by atoms with Crippen LogP contribution >= 0.6 is 0 Å². The molecule has 3 nitrogen and oxygen atoms in total. The molecule has 94 valence electrons. The number of rotatable bonds is 0. The second kappa shape index (κ2) is 4.59. The largest absolute Gasteiger partial charge is 0.400 e. The number of nitrogens with zero attached hydrogens (tertiary/aromatic N) is 1. The van der Waals surface area contributed by atoms with Crippen LogP contribution in [0.4, 0.5) is 0 Å². The van der Waals surface area contributed by atoms with E-state index in [1.165, 1.54) is 22.0 Å². The number of aliphatic hydroxyl groups excluding tert-OH is 1. The lowest BCUT2D eigenvalue weighted by atomic mass is 9.91. The maximum Gasteiger partial charge on any atom is 0.0557 e. The molecule has 0 bridgehead atoms. The van der Waals surface area contributed by atoms with Crippen LogP contribution in [-0.4, -0.2) is 29.4 Å². The summed E-state index contributed by atoms with van der Waals surface area (Å²) in [6, 6.07) is 9.35. The van der Waals surface area contributed by atoms with Gasteiger partial charge < -0.3 is 15.0 Å². The lowest BCUT2D eigenvalue weighted by molar-refractivity contribution is 0.399. The lowest BCUT2D eigenvalue weighted by Gasteiger charge is -2.31. The second-order valence-corrected chi connectivity index (χ2v) is 4.67. The number of nitrogens with one attached hydrogen (secondary N) is 1. The van der Waals surface area contributed by atoms with Crippen molar-refractivity contribution in [1.82, 2.24) is 9.88 Å². The number of aliphatic hydroxyl groups is 1. The summed E-state index contributed by atoms with van der Waals surface area (Å²) < 4.78 is 2.38. The zero-order valence-electron chi connectivity index (χ0n) is 10.6. The van der Waals surface area contributed by atoms with Gasteiger partial charge in [-0.25, -0.2) is 0 Å². The van der Waals surface area contributed by atoms with Gasteiger partial charge in [0.2, 0.25) is 0 Å². The summed E-state index contributed by atoms with van der Waals surface area (Å²) in [5.74, 6) is 0. The van der Waals surface area contributed by atoms with Gasteiger partial charge in [0.15, 0.2) is 0 Å². The van der Waals surface area contributed by atoms with Crippen LogP contribution in [0.15, 0.2) is 36.5 Å². The van der Waals surface area contributed by atoms with E-state index in [0.717, 1.165) is 26.6 Å². The van der Waals surface area contributed by atoms with Crippen LogP contribution in [0.25, 0.3) is 16.5 Å². The van der Waals surface area contributed by atoms with E-state index >= 15 is 0 Å². The van der Waals surface area contributed by atoms with Crippen molar-refractivity contribution in [3.05, 3.63) is 42.1 Å². The monoisotopic (exact) mass is 242 g/mol. The van der Waals surface area contributed by atoms with Crippen molar-refractivity contribution in [2.24, 2.45) is 0 Å². The fourth-order valence-corrected chi connectivity index (χ4v) is 3.04. The number of fused-ring (bicyclic) bond motifs is 2. The molecule has 2 aliphatic rings. The Hall–Kier alpha value is -1.58. The highest BCUT2D eigenvalue weighted by Gasteiger charge is 2.26. The summed E-state index contributed by atoms with van der Waals surface area (Å²) in [6.07, 6.45) is 5.77. The van der Waals surface area contributed by atoms with Crippen LogP contribution in [-0.2, 0) is 6.54 Å². The van der Waals surface area contributed by atoms with Crippen molar-refractivity contribution in [2.45, 2.75) is 19.0 Å². The van der Waals surface area contributed by atoms with Crippen LogP contribution in [0.2, 0.25) is 0 Å². The maximum atomic E-state index is 7.00. The minimum Gasteiger partial charge on any atom is -0.400 e. The molecule has 1 atom stereocenters. The molecule has 0 fully saturated rings. The van der Waals surface area contributed by atoms with Gasteiger partial charge in [0, 0.05) is 30.8 Å². The molecule has 4 rings (SSSR count). The summed E-state index contributed by atoms with van der Waals surface area (Å²) in [7, 11) is 1.00. The Morgan fingerprint density at radius 3 is 3.06 bits per heavy atom. The van der Waals surface area contributed by atoms with Gasteiger partial charge in [0.25, 0.3) is 0 Å². The summed E-state index contributed by atoms with van der Waals surface area (Å²) in [4.78, 5) is 0. The standard InChI is InChI=1S/C14H14N2.CH4O/c1-3-10-6-8-16-9-13-11(5-2-7-15-13)12(4-1)14(10)16;1-2/h1,3-6,8,13,15H,2,7,9H2;2H,1H3. The van der Waals surface area contributed by atoms with E-state index in [0.29, 0.717) is 6.04 Å². The van der Waals surface area contributed by atoms with Gasteiger partial charge in [-0.1, -0.05) is 24.3 Å². The molecule has 0 saturated heterocycles. The van der Waals surface area contributed by atoms with E-state index in [2.05, 4.69) is 46.4 Å². The fourth-order valence-electron chi connectivity index (χ4n) is 3.04. The van der Waals surface area contributed by atoms with Gasteiger partial charge in [0.05, 0.1) is 11.6 Å². The van der Waals surface area contributed by atoms with Gasteiger partial charge in [-0.3, -0.25) is 0 Å². The first kappa shape index (κ1) is 11.5. The molecular weight excluding hydrogens is 224 g/mol. The van der Waals surface area contributed by atoms with Crippen molar-refractivity contribution in [3.63, 3.8) is 0 Å². The van der Waals surface area contributed by atoms with Gasteiger partial charge in [-0.2, -0.15) is 0 Å². The van der Waals surface area contributed by atoms with Crippen molar-refractivity contribution >= 4 is 16.5 Å². The normalized spacial score (nSPS) is 20.8. The predicted molar refractivity (Wildman–Crippen MR) is 74.5 cm³/mol. The minimum atomic E-state index is 0.513. The van der Waals surface area contributed by atoms with E-state index in [1.807, 2.05) is 0 Å². The van der Waals surface area contributed by atoms with Crippen molar-refractivity contribution < 1.29 is 5.11 Å². The molecule has 2 aromatic rings. The van der Waals surface area contributed by atoms with Crippen molar-refractivity contribution in [1.29, 1.82) is 0 Å². The third-order valence-electron chi connectivity index (χ3n) is 3.75. The molecule has 2 aliphatic heterocycles. The van der Waals surface area contributed by atoms with Gasteiger partial charge >= 0.3 is 0 Å². The summed E-state index contributed by atoms with van der Waals surface area (Å²) in [6.45, 7) is 2.19. The Balaban J connectivity index is 0.000000478. The van der Waals surface area contributed by atoms with Crippen LogP contribution in [0.3, 0.4) is 0 Å². The highest BCUT2D eigenvalue weighted by Crippen LogP contribution is 2.34. The lowest BCUT2D eigenvalue weighted by Crippen LogP contribution is -2.39. The molecule has 0 spiro atoms. The quantitative estimate of drug-likeness (QED) is 0.741. The first-order valence-corrected chi connectivity index (χ1v) is 6.40. The van der Waals surface area contributed by atoms with Crippen LogP contribution in [0.1, 0.15) is 12.0 Å². The highest BCUT2D eigenvalue weighted by molar-refractivity contribution is 5.94. The topological polar surface area (TPSA) is 37.2 Å². The Morgan fingerprint density at radius 2 is 2.17 bits per heavy atom. The third-order valence-corrected chi connectivity index (χ3v) is 3.75. The number of hydrogen-bond acceptors (Lipinski definition) is 2. The summed E-state index contributed by atoms with van der Waals surface area (Å²) in [5.41, 5.74) is 4.34. The summed E-state index contributed by atoms with van der Waals surface area (Å²) in [5, 5.41) is 12.0. The highest BCUT2D eigenvalue weighted by atomic mass is 16.2. The average Bonchev–Trinajstić information content (AvgIpc) is 2.86. The van der Waals surface area contributed by atoms with E-state index in [-0.39, 0.29) is 0 Å². The number of hydrogen-bond donors (Lipinski definition) is 2. The third kappa shape index (κ3) is 1.59. The molecule has 2 N–H and O–H groups in total. The van der Waals surface area contributed by atoms with Crippen LogP contribution in [0.5, 0.6) is 0 Å². The zero-order valence-corrected chi connectivity index (χ0v) is 10.6. The number of benzene rings is 1. The molecule has 1 aromatic carbocycles. The Labute approximate surface area is 107 Å². The van der Waals surface area contributed by atoms with Gasteiger partial charge in [-0.05, 0) is 24.6 Å². The zero-order chi connectivity index (χ0) is 12.5. The van der Waals surface area contributed by atoms with Gasteiger partial charge in [0.1, 0.15) is 0 Å². The first-order chi connectivity index (χ1) is 8.93. The van der Waals surface area contributed by atoms with Gasteiger partial charge in [-0.15, -0.1) is 0 Å². The Bertz CT molecular complexity index is 598. The second-order valence-electron chi connectivity index (χ2n) is 4.67. The predicted octanol–water partition coefficient (Wildman–Crippen LogP) is 2.01. The number of para-hydroxylation sites is 1. The van der Waals surface area contributed by atoms with E-state index in [1.54, 1.807) is 0 Å². The average molecular weight is 242 g/mol. The molecule has 0 aliphatic carbocycles. The summed E-state index contributed by atoms with van der Waals surface area (Å²) >= 11 is 0. The van der Waals surface area contributed by atoms with E-state index < -0.39 is 0 Å². The molecule has 0 radical (unpaired) electrons. The SMILES string of the molecule is C1=C2c3cccc4ccn(c34)CC2NCC1.CO. The van der Waals surface area contributed by atoms with E-state index in [4.69, 9.17) is 5.11 Å². The van der Waals surface area contributed by atoms with E-state index in [9.17, 15) is 0 Å². The first-order valence-electron chi connectivity index (χ1n) is 6.40. The Morgan fingerprint density at radius 1 is 1.28 bits per heavy atom. The minimum absolute atomic E-state index is 0.513.